The number of amides is 1. The van der Waals surface area contributed by atoms with Crippen molar-refractivity contribution < 1.29 is 14.3 Å². The molecule has 0 heterocycles. The van der Waals surface area contributed by atoms with Gasteiger partial charge in [0.1, 0.15) is 0 Å². The molecule has 0 aliphatic rings. The van der Waals surface area contributed by atoms with E-state index in [1.807, 2.05) is 50.2 Å². The Balaban J connectivity index is 2.18. The number of nitrogens with one attached hydrogen (secondary N) is 1. The van der Waals surface area contributed by atoms with E-state index in [2.05, 4.69) is 19.2 Å². The van der Waals surface area contributed by atoms with E-state index >= 15 is 0 Å². The summed E-state index contributed by atoms with van der Waals surface area (Å²) in [7, 11) is 0. The summed E-state index contributed by atoms with van der Waals surface area (Å²) in [5.41, 5.74) is 3.40. The number of esters is 1. The van der Waals surface area contributed by atoms with Crippen molar-refractivity contribution in [1.82, 2.24) is 0 Å². The molecule has 1 atom stereocenters. The Morgan fingerprint density at radius 1 is 1.04 bits per heavy atom. The van der Waals surface area contributed by atoms with Crippen molar-refractivity contribution >= 4 is 17.6 Å². The molecule has 0 aliphatic carbocycles. The fourth-order valence-electron chi connectivity index (χ4n) is 2.57. The molecular weight excluding hydrogens is 326 g/mol. The molecule has 0 saturated carbocycles. The first-order chi connectivity index (χ1) is 12.4. The lowest BCUT2D eigenvalue weighted by Crippen LogP contribution is -2.26. The van der Waals surface area contributed by atoms with Gasteiger partial charge in [0.25, 0.3) is 5.91 Å². The van der Waals surface area contributed by atoms with Crippen LogP contribution in [0.3, 0.4) is 0 Å². The Kier molecular flexibility index (Phi) is 6.96. The van der Waals surface area contributed by atoms with E-state index in [0.29, 0.717) is 17.9 Å². The van der Waals surface area contributed by atoms with E-state index in [9.17, 15) is 9.59 Å². The van der Waals surface area contributed by atoms with Gasteiger partial charge in [0.15, 0.2) is 0 Å². The molecule has 0 radical (unpaired) electrons. The van der Waals surface area contributed by atoms with Gasteiger partial charge in [-0.25, -0.2) is 0 Å². The van der Waals surface area contributed by atoms with Crippen LogP contribution in [0.1, 0.15) is 49.5 Å². The normalized spacial score (nSPS) is 11.9. The lowest BCUT2D eigenvalue weighted by Gasteiger charge is -2.19. The fourth-order valence-corrected chi connectivity index (χ4v) is 2.57. The summed E-state index contributed by atoms with van der Waals surface area (Å²) in [6.45, 7) is 8.00. The van der Waals surface area contributed by atoms with Gasteiger partial charge in [-0.05, 0) is 43.4 Å². The number of carbonyl (C=O) groups is 2. The van der Waals surface area contributed by atoms with Crippen LogP contribution in [-0.2, 0) is 14.3 Å². The standard InChI is InChI=1S/C22H27NO3/c1-15(2)10-13-20(24)26-21(18-8-6-5-7-9-18)22(25)23-19-14-16(3)11-12-17(19)4/h5-9,11-12,14-15,21H,10,13H2,1-4H3,(H,23,25)/t21-/m1/s1. The van der Waals surface area contributed by atoms with Crippen LogP contribution in [0.2, 0.25) is 0 Å². The Morgan fingerprint density at radius 3 is 2.38 bits per heavy atom. The van der Waals surface area contributed by atoms with E-state index in [1.54, 1.807) is 12.1 Å². The molecule has 2 aromatic carbocycles. The summed E-state index contributed by atoms with van der Waals surface area (Å²) in [5, 5.41) is 2.90. The van der Waals surface area contributed by atoms with E-state index < -0.39 is 6.10 Å². The molecule has 0 aromatic heterocycles. The molecule has 0 saturated heterocycles. The highest BCUT2D eigenvalue weighted by Gasteiger charge is 2.25. The zero-order valence-corrected chi connectivity index (χ0v) is 15.9. The van der Waals surface area contributed by atoms with Gasteiger partial charge < -0.3 is 10.1 Å². The monoisotopic (exact) mass is 353 g/mol. The summed E-state index contributed by atoms with van der Waals surface area (Å²) in [5.74, 6) is -0.298. The molecule has 2 aromatic rings. The van der Waals surface area contributed by atoms with E-state index in [0.717, 1.165) is 23.2 Å². The van der Waals surface area contributed by atoms with Crippen LogP contribution < -0.4 is 5.32 Å². The van der Waals surface area contributed by atoms with Crippen molar-refractivity contribution in [2.24, 2.45) is 5.92 Å². The van der Waals surface area contributed by atoms with Crippen molar-refractivity contribution in [3.8, 4) is 0 Å². The zero-order chi connectivity index (χ0) is 19.1. The Morgan fingerprint density at radius 2 is 1.73 bits per heavy atom. The number of benzene rings is 2. The number of anilines is 1. The Bertz CT molecular complexity index is 753. The molecule has 0 aliphatic heterocycles. The van der Waals surface area contributed by atoms with Crippen LogP contribution in [0.15, 0.2) is 48.5 Å². The number of carbonyl (C=O) groups excluding carboxylic acids is 2. The second-order valence-electron chi connectivity index (χ2n) is 7.02. The van der Waals surface area contributed by atoms with Gasteiger partial charge in [-0.1, -0.05) is 56.3 Å². The van der Waals surface area contributed by atoms with Crippen LogP contribution in [0.5, 0.6) is 0 Å². The van der Waals surface area contributed by atoms with Gasteiger partial charge in [0.2, 0.25) is 6.10 Å². The summed E-state index contributed by atoms with van der Waals surface area (Å²) in [6, 6.07) is 15.0. The van der Waals surface area contributed by atoms with Gasteiger partial charge in [0.05, 0.1) is 0 Å². The Labute approximate surface area is 155 Å². The SMILES string of the molecule is Cc1ccc(C)c(NC(=O)[C@H](OC(=O)CCC(C)C)c2ccccc2)c1. The predicted octanol–water partition coefficient (Wildman–Crippen LogP) is 4.96. The highest BCUT2D eigenvalue weighted by Crippen LogP contribution is 2.23. The van der Waals surface area contributed by atoms with Gasteiger partial charge in [-0.15, -0.1) is 0 Å². The van der Waals surface area contributed by atoms with Crippen LogP contribution in [0.4, 0.5) is 5.69 Å². The summed E-state index contributed by atoms with van der Waals surface area (Å²) in [6.07, 6.45) is 0.0762. The van der Waals surface area contributed by atoms with Crippen LogP contribution in [-0.4, -0.2) is 11.9 Å². The largest absolute Gasteiger partial charge is 0.447 e. The fraction of sp³-hybridized carbons (Fsp3) is 0.364. The maximum absolute atomic E-state index is 12.9. The van der Waals surface area contributed by atoms with E-state index in [1.165, 1.54) is 0 Å². The maximum atomic E-state index is 12.9. The molecule has 0 unspecified atom stereocenters. The molecule has 0 fully saturated rings. The highest BCUT2D eigenvalue weighted by atomic mass is 16.5. The van der Waals surface area contributed by atoms with E-state index in [-0.39, 0.29) is 11.9 Å². The third-order valence-electron chi connectivity index (χ3n) is 4.17. The van der Waals surface area contributed by atoms with Crippen molar-refractivity contribution in [2.75, 3.05) is 5.32 Å². The van der Waals surface area contributed by atoms with Crippen molar-refractivity contribution in [3.63, 3.8) is 0 Å². The van der Waals surface area contributed by atoms with Gasteiger partial charge >= 0.3 is 5.97 Å². The summed E-state index contributed by atoms with van der Waals surface area (Å²) in [4.78, 5) is 25.1. The quantitative estimate of drug-likeness (QED) is 0.716. The molecule has 1 N–H and O–H groups in total. The average Bonchev–Trinajstić information content (AvgIpc) is 2.61. The minimum absolute atomic E-state index is 0.303. The lowest BCUT2D eigenvalue weighted by atomic mass is 10.1. The highest BCUT2D eigenvalue weighted by molar-refractivity contribution is 5.96. The number of rotatable bonds is 7. The first-order valence-corrected chi connectivity index (χ1v) is 8.99. The smallest absolute Gasteiger partial charge is 0.306 e. The van der Waals surface area contributed by atoms with Crippen LogP contribution in [0, 0.1) is 19.8 Å². The molecule has 2 rings (SSSR count). The van der Waals surface area contributed by atoms with Crippen molar-refractivity contribution in [3.05, 3.63) is 65.2 Å². The molecule has 4 heteroatoms. The summed E-state index contributed by atoms with van der Waals surface area (Å²) >= 11 is 0. The topological polar surface area (TPSA) is 55.4 Å². The number of ether oxygens (including phenoxy) is 1. The second-order valence-corrected chi connectivity index (χ2v) is 7.02. The zero-order valence-electron chi connectivity index (χ0n) is 15.9. The summed E-state index contributed by atoms with van der Waals surface area (Å²) < 4.78 is 5.54. The Hall–Kier alpha value is -2.62. The minimum atomic E-state index is -0.962. The van der Waals surface area contributed by atoms with Crippen molar-refractivity contribution in [2.45, 2.75) is 46.6 Å². The third-order valence-corrected chi connectivity index (χ3v) is 4.17. The molecule has 1 amide bonds. The molecule has 0 spiro atoms. The van der Waals surface area contributed by atoms with E-state index in [4.69, 9.17) is 4.74 Å². The number of hydrogen-bond acceptors (Lipinski definition) is 3. The molecule has 138 valence electrons. The van der Waals surface area contributed by atoms with Crippen LogP contribution in [0.25, 0.3) is 0 Å². The van der Waals surface area contributed by atoms with Gasteiger partial charge in [-0.2, -0.15) is 0 Å². The molecule has 26 heavy (non-hydrogen) atoms. The maximum Gasteiger partial charge on any atom is 0.306 e. The first kappa shape index (κ1) is 19.7. The number of hydrogen-bond donors (Lipinski definition) is 1. The third kappa shape index (κ3) is 5.73. The lowest BCUT2D eigenvalue weighted by molar-refractivity contribution is -0.155. The molecule has 0 bridgehead atoms. The molecule has 4 nitrogen and oxygen atoms in total. The average molecular weight is 353 g/mol. The predicted molar refractivity (Wildman–Crippen MR) is 104 cm³/mol. The minimum Gasteiger partial charge on any atom is -0.447 e. The first-order valence-electron chi connectivity index (χ1n) is 8.99. The van der Waals surface area contributed by atoms with Gasteiger partial charge in [0, 0.05) is 17.7 Å². The number of aryl methyl sites for hydroxylation is 2. The van der Waals surface area contributed by atoms with Gasteiger partial charge in [-0.3, -0.25) is 9.59 Å². The second kappa shape index (κ2) is 9.18. The van der Waals surface area contributed by atoms with Crippen LogP contribution >= 0.6 is 0 Å². The van der Waals surface area contributed by atoms with Crippen molar-refractivity contribution in [1.29, 1.82) is 0 Å². The molecular formula is C22H27NO3.